The molecule has 0 bridgehead atoms. The van der Waals surface area contributed by atoms with E-state index in [1.807, 2.05) is 7.85 Å². The van der Waals surface area contributed by atoms with E-state index < -0.39 is 0 Å². The van der Waals surface area contributed by atoms with E-state index in [2.05, 4.69) is 21.2 Å². The van der Waals surface area contributed by atoms with Crippen LogP contribution in [0.5, 0.6) is 0 Å². The number of alkyl halides is 1. The van der Waals surface area contributed by atoms with Gasteiger partial charge in [0, 0.05) is 18.2 Å². The molecule has 0 rings (SSSR count). The minimum absolute atomic E-state index is 0.0833. The fourth-order valence-corrected chi connectivity index (χ4v) is 0.611. The molecule has 1 amide bonds. The molecule has 8 heavy (non-hydrogen) atoms. The molecule has 0 aliphatic carbocycles. The highest BCUT2D eigenvalue weighted by Crippen LogP contribution is 2.01. The molecule has 0 fully saturated rings. The molecule has 1 unspecified atom stereocenters. The monoisotopic (exact) mass is 177 g/mol. The zero-order valence-corrected chi connectivity index (χ0v) is 6.66. The van der Waals surface area contributed by atoms with Gasteiger partial charge in [-0.25, -0.2) is 0 Å². The Hall–Kier alpha value is 0.0149. The first-order valence-corrected chi connectivity index (χ1v) is 3.62. The Bertz CT molecular complexity index is 88.1. The Morgan fingerprint density at radius 2 is 2.50 bits per heavy atom. The second kappa shape index (κ2) is 3.95. The van der Waals surface area contributed by atoms with Crippen LogP contribution in [0.2, 0.25) is 5.82 Å². The molecular weight excluding hydrogens is 169 g/mol. The van der Waals surface area contributed by atoms with Gasteiger partial charge in [0.15, 0.2) is 0 Å². The number of nitrogens with one attached hydrogen (secondary N) is 1. The van der Waals surface area contributed by atoms with Crippen molar-refractivity contribution in [3.8, 4) is 0 Å². The van der Waals surface area contributed by atoms with Gasteiger partial charge in [-0.3, -0.25) is 4.79 Å². The predicted molar refractivity (Wildman–Crippen MR) is 40.2 cm³/mol. The van der Waals surface area contributed by atoms with Crippen LogP contribution in [-0.4, -0.2) is 26.1 Å². The summed E-state index contributed by atoms with van der Waals surface area (Å²) >= 11 is 3.20. The molecule has 46 valence electrons. The smallest absolute Gasteiger partial charge is 0.215 e. The molecule has 0 aromatic carbocycles. The molecule has 0 aliphatic rings. The topological polar surface area (TPSA) is 29.1 Å². The highest BCUT2D eigenvalue weighted by Gasteiger charge is 2.06. The summed E-state index contributed by atoms with van der Waals surface area (Å²) in [7, 11) is 3.51. The van der Waals surface area contributed by atoms with Crippen molar-refractivity contribution in [2.45, 2.75) is 5.82 Å². The zero-order chi connectivity index (χ0) is 6.57. The summed E-state index contributed by atoms with van der Waals surface area (Å²) < 4.78 is 0. The van der Waals surface area contributed by atoms with E-state index in [0.29, 0.717) is 0 Å². The standard InChI is InChI=1S/C4H9BBrNO/c1-7-4(8)3(5)2-6/h3H,2,5H2,1H3,(H,7,8). The van der Waals surface area contributed by atoms with Crippen molar-refractivity contribution in [2.75, 3.05) is 12.4 Å². The second-order valence-corrected chi connectivity index (χ2v) is 2.32. The van der Waals surface area contributed by atoms with Gasteiger partial charge in [0.1, 0.15) is 7.85 Å². The number of halogens is 1. The molecule has 0 saturated carbocycles. The number of hydrogen-bond donors (Lipinski definition) is 1. The van der Waals surface area contributed by atoms with Crippen LogP contribution in [0.25, 0.3) is 0 Å². The molecule has 0 radical (unpaired) electrons. The lowest BCUT2D eigenvalue weighted by molar-refractivity contribution is -0.120. The fourth-order valence-electron chi connectivity index (χ4n) is 0.316. The minimum atomic E-state index is 0.0833. The third-order valence-electron chi connectivity index (χ3n) is 0.925. The van der Waals surface area contributed by atoms with Gasteiger partial charge in [-0.15, -0.1) is 0 Å². The van der Waals surface area contributed by atoms with Crippen LogP contribution in [0.3, 0.4) is 0 Å². The van der Waals surface area contributed by atoms with Crippen molar-refractivity contribution < 1.29 is 4.79 Å². The molecule has 4 heteroatoms. The third-order valence-corrected chi connectivity index (χ3v) is 1.90. The average molecular weight is 178 g/mol. The Labute approximate surface area is 58.6 Å². The van der Waals surface area contributed by atoms with E-state index in [0.717, 1.165) is 5.33 Å². The molecule has 0 saturated heterocycles. The maximum absolute atomic E-state index is 10.6. The molecule has 0 aromatic heterocycles. The molecule has 0 spiro atoms. The summed E-state index contributed by atoms with van der Waals surface area (Å²) in [4.78, 5) is 10.6. The van der Waals surface area contributed by atoms with Crippen LogP contribution in [0, 0.1) is 0 Å². The summed E-state index contributed by atoms with van der Waals surface area (Å²) in [5, 5.41) is 3.28. The number of hydrogen-bond acceptors (Lipinski definition) is 1. The molecule has 0 aromatic rings. The first-order valence-electron chi connectivity index (χ1n) is 2.50. The molecule has 0 aliphatic heterocycles. The van der Waals surface area contributed by atoms with Crippen LogP contribution in [0.15, 0.2) is 0 Å². The van der Waals surface area contributed by atoms with Crippen LogP contribution in [-0.2, 0) is 4.79 Å². The third kappa shape index (κ3) is 2.35. The summed E-state index contributed by atoms with van der Waals surface area (Å²) in [6, 6.07) is 0. The Kier molecular flexibility index (Phi) is 3.96. The number of amides is 1. The summed E-state index contributed by atoms with van der Waals surface area (Å²) in [5.74, 6) is 0.168. The van der Waals surface area contributed by atoms with Gasteiger partial charge in [0.2, 0.25) is 5.91 Å². The largest absolute Gasteiger partial charge is 0.360 e. The first kappa shape index (κ1) is 8.01. The highest BCUT2D eigenvalue weighted by molar-refractivity contribution is 9.09. The second-order valence-electron chi connectivity index (χ2n) is 1.67. The minimum Gasteiger partial charge on any atom is -0.360 e. The first-order chi connectivity index (χ1) is 3.72. The Balaban J connectivity index is 3.46. The molecular formula is C4H9BBrNO. The highest BCUT2D eigenvalue weighted by atomic mass is 79.9. The number of rotatable bonds is 2. The number of carbonyl (C=O) groups excluding carboxylic acids is 1. The predicted octanol–water partition coefficient (Wildman–Crippen LogP) is -0.451. The normalized spacial score (nSPS) is 12.8. The maximum Gasteiger partial charge on any atom is 0.215 e. The zero-order valence-electron chi connectivity index (χ0n) is 5.07. The summed E-state index contributed by atoms with van der Waals surface area (Å²) in [6.45, 7) is 0. The van der Waals surface area contributed by atoms with Gasteiger partial charge >= 0.3 is 0 Å². The molecule has 1 N–H and O–H groups in total. The SMILES string of the molecule is BC(CBr)C(=O)NC. The average Bonchev–Trinajstić information content (AvgIpc) is 1.84. The van der Waals surface area contributed by atoms with Gasteiger partial charge in [-0.2, -0.15) is 0 Å². The van der Waals surface area contributed by atoms with Crippen molar-refractivity contribution in [2.24, 2.45) is 0 Å². The lowest BCUT2D eigenvalue weighted by atomic mass is 9.89. The van der Waals surface area contributed by atoms with Gasteiger partial charge in [0.05, 0.1) is 0 Å². The van der Waals surface area contributed by atoms with E-state index in [1.54, 1.807) is 7.05 Å². The van der Waals surface area contributed by atoms with E-state index >= 15 is 0 Å². The van der Waals surface area contributed by atoms with E-state index in [4.69, 9.17) is 0 Å². The van der Waals surface area contributed by atoms with Crippen molar-refractivity contribution in [3.05, 3.63) is 0 Å². The van der Waals surface area contributed by atoms with Gasteiger partial charge in [0.25, 0.3) is 0 Å². The van der Waals surface area contributed by atoms with Gasteiger partial charge in [-0.05, 0) is 0 Å². The maximum atomic E-state index is 10.6. The van der Waals surface area contributed by atoms with Crippen LogP contribution >= 0.6 is 15.9 Å². The van der Waals surface area contributed by atoms with Crippen molar-refractivity contribution in [1.29, 1.82) is 0 Å². The molecule has 1 atom stereocenters. The summed E-state index contributed by atoms with van der Waals surface area (Å²) in [5.41, 5.74) is 0. The Morgan fingerprint density at radius 3 is 2.62 bits per heavy atom. The molecule has 2 nitrogen and oxygen atoms in total. The summed E-state index contributed by atoms with van der Waals surface area (Å²) in [6.07, 6.45) is 0. The van der Waals surface area contributed by atoms with E-state index in [1.165, 1.54) is 0 Å². The van der Waals surface area contributed by atoms with Crippen molar-refractivity contribution >= 4 is 29.7 Å². The van der Waals surface area contributed by atoms with Crippen LogP contribution < -0.4 is 5.32 Å². The van der Waals surface area contributed by atoms with Crippen LogP contribution in [0.1, 0.15) is 0 Å². The van der Waals surface area contributed by atoms with Crippen molar-refractivity contribution in [3.63, 3.8) is 0 Å². The fraction of sp³-hybridized carbons (Fsp3) is 0.750. The van der Waals surface area contributed by atoms with E-state index in [9.17, 15) is 4.79 Å². The van der Waals surface area contributed by atoms with E-state index in [-0.39, 0.29) is 11.7 Å². The quantitative estimate of drug-likeness (QED) is 0.450. The molecule has 0 heterocycles. The number of carbonyl (C=O) groups is 1. The van der Waals surface area contributed by atoms with Gasteiger partial charge < -0.3 is 5.32 Å². The lowest BCUT2D eigenvalue weighted by Gasteiger charge is -2.02. The van der Waals surface area contributed by atoms with Crippen molar-refractivity contribution in [1.82, 2.24) is 5.32 Å². The van der Waals surface area contributed by atoms with Crippen LogP contribution in [0.4, 0.5) is 0 Å². The van der Waals surface area contributed by atoms with Gasteiger partial charge in [-0.1, -0.05) is 15.9 Å². The lowest BCUT2D eigenvalue weighted by Crippen LogP contribution is -2.24. The Morgan fingerprint density at radius 1 is 2.00 bits per heavy atom.